The predicted octanol–water partition coefficient (Wildman–Crippen LogP) is 8.70. The van der Waals surface area contributed by atoms with Gasteiger partial charge in [-0.25, -0.2) is 13.7 Å². The molecule has 0 aromatic rings. The smallest absolute Gasteiger partial charge is 0.466 e. The third-order valence-corrected chi connectivity index (χ3v) is 13.8. The summed E-state index contributed by atoms with van der Waals surface area (Å²) in [5, 5.41) is 31.9. The maximum Gasteiger partial charge on any atom is 0.472 e. The molecule has 0 aliphatic heterocycles. The molecule has 8 N–H and O–H groups in total. The molecule has 0 aromatic heterocycles. The van der Waals surface area contributed by atoms with Crippen LogP contribution in [0.4, 0.5) is 0 Å². The van der Waals surface area contributed by atoms with Crippen molar-refractivity contribution in [3.8, 4) is 0 Å². The number of hydrogen-bond acceptors (Lipinski definition) is 15. The van der Waals surface area contributed by atoms with Crippen molar-refractivity contribution < 1.29 is 95.4 Å². The monoisotopic (exact) mass is 1040 g/mol. The summed E-state index contributed by atoms with van der Waals surface area (Å²) in [5.41, 5.74) is 0. The lowest BCUT2D eigenvalue weighted by atomic mass is 9.85. The Morgan fingerprint density at radius 3 is 1.22 bits per heavy atom. The fourth-order valence-corrected chi connectivity index (χ4v) is 10.2. The van der Waals surface area contributed by atoms with E-state index in [4.69, 9.17) is 18.5 Å². The fourth-order valence-electron chi connectivity index (χ4n) is 8.09. The average Bonchev–Trinajstić information content (AvgIpc) is 3.25. The number of phosphoric ester groups is 3. The third-order valence-electron chi connectivity index (χ3n) is 11.8. The molecule has 4 unspecified atom stereocenters. The first kappa shape index (κ1) is 64.8. The van der Waals surface area contributed by atoms with Gasteiger partial charge in [0.05, 0.1) is 19.6 Å². The van der Waals surface area contributed by atoms with Crippen molar-refractivity contribution in [1.82, 2.24) is 0 Å². The van der Waals surface area contributed by atoms with Crippen LogP contribution in [0.5, 0.6) is 0 Å². The summed E-state index contributed by atoms with van der Waals surface area (Å²) in [6, 6.07) is 0. The van der Waals surface area contributed by atoms with Gasteiger partial charge in [-0.05, 0) is 25.7 Å². The van der Waals surface area contributed by atoms with E-state index in [2.05, 4.69) is 16.0 Å². The summed E-state index contributed by atoms with van der Waals surface area (Å²) in [6.07, 6.45) is 13.1. The second-order valence-electron chi connectivity index (χ2n) is 18.1. The molecule has 1 rings (SSSR count). The second-order valence-corrected chi connectivity index (χ2v) is 21.9. The number of hydrogen-bond donors (Lipinski definition) is 8. The Morgan fingerprint density at radius 1 is 0.456 bits per heavy atom. The van der Waals surface area contributed by atoms with Crippen molar-refractivity contribution in [2.45, 2.75) is 256 Å². The molecule has 0 aromatic carbocycles. The molecule has 68 heavy (non-hydrogen) atoms. The van der Waals surface area contributed by atoms with Gasteiger partial charge in [0.25, 0.3) is 0 Å². The van der Waals surface area contributed by atoms with Crippen LogP contribution in [-0.2, 0) is 55.6 Å². The summed E-state index contributed by atoms with van der Waals surface area (Å²) in [7, 11) is -16.6. The second kappa shape index (κ2) is 37.5. The van der Waals surface area contributed by atoms with E-state index in [1.807, 2.05) is 6.92 Å². The number of carbonyl (C=O) groups excluding carboxylic acids is 3. The lowest BCUT2D eigenvalue weighted by Gasteiger charge is -2.44. The summed E-state index contributed by atoms with van der Waals surface area (Å²) < 4.78 is 65.6. The molecule has 0 radical (unpaired) electrons. The number of phosphoric acid groups is 3. The van der Waals surface area contributed by atoms with E-state index in [0.29, 0.717) is 31.5 Å². The first-order chi connectivity index (χ1) is 32.2. The van der Waals surface area contributed by atoms with E-state index in [0.717, 1.165) is 83.5 Å². The van der Waals surface area contributed by atoms with Crippen LogP contribution in [0.25, 0.3) is 0 Å². The number of esters is 2. The van der Waals surface area contributed by atoms with E-state index >= 15 is 0 Å². The van der Waals surface area contributed by atoms with E-state index in [1.165, 1.54) is 77.0 Å². The van der Waals surface area contributed by atoms with E-state index in [-0.39, 0.29) is 13.0 Å². The number of unbranched alkanes of at least 4 members (excludes halogenated alkanes) is 24. The molecule has 1 aliphatic carbocycles. The van der Waals surface area contributed by atoms with Crippen molar-refractivity contribution in [3.05, 3.63) is 0 Å². The van der Waals surface area contributed by atoms with Gasteiger partial charge in [0.1, 0.15) is 48.5 Å². The Hall–Kier alpha value is -1.18. The van der Waals surface area contributed by atoms with Gasteiger partial charge in [-0.15, -0.1) is 0 Å². The molecule has 23 heteroatoms. The average molecular weight is 1040 g/mol. The molecule has 8 atom stereocenters. The normalized spacial score (nSPS) is 21.3. The minimum atomic E-state index is -5.56. The number of rotatable bonds is 44. The lowest BCUT2D eigenvalue weighted by molar-refractivity contribution is -0.213. The topological polar surface area (TPSA) is 320 Å². The Bertz CT molecular complexity index is 1450. The van der Waals surface area contributed by atoms with Crippen LogP contribution < -0.4 is 0 Å². The molecular formula is C45H87O20P3. The molecule has 0 amide bonds. The zero-order chi connectivity index (χ0) is 50.9. The van der Waals surface area contributed by atoms with Crippen LogP contribution in [0.1, 0.15) is 213 Å². The molecule has 1 saturated carbocycles. The highest BCUT2D eigenvalue weighted by atomic mass is 31.2. The van der Waals surface area contributed by atoms with Gasteiger partial charge in [0.2, 0.25) is 0 Å². The standard InChI is InChI=1S/C45H87O20P3/c1-3-5-6-7-8-9-10-12-16-19-22-25-28-32-38(47)62-37(34-39(48)60-33-29-26-23-20-17-14-11-13-15-18-21-24-27-31-36(46)30-4-2)35-61-68(58,59)65-45-41(50)43(63-66(52,53)54)40(49)44(42(45)51)64-67(55,56)57/h37,40-45,49-51H,3-35H2,1-2H3,(H,58,59)(H2,52,53,54)(H2,55,56,57)/t37-,40?,41+,42?,43+,44-,45?/m1/s1. The van der Waals surface area contributed by atoms with Crippen molar-refractivity contribution >= 4 is 41.2 Å². The largest absolute Gasteiger partial charge is 0.472 e. The zero-order valence-electron chi connectivity index (χ0n) is 40.7. The van der Waals surface area contributed by atoms with Crippen LogP contribution >= 0.6 is 23.5 Å². The molecular weight excluding hydrogens is 953 g/mol. The van der Waals surface area contributed by atoms with E-state index < -0.39 is 91.2 Å². The maximum atomic E-state index is 13.2. The van der Waals surface area contributed by atoms with Crippen LogP contribution in [0, 0.1) is 0 Å². The van der Waals surface area contributed by atoms with Crippen LogP contribution in [0.3, 0.4) is 0 Å². The highest BCUT2D eigenvalue weighted by Crippen LogP contribution is 2.51. The number of Topliss-reactive ketones (excluding diaryl/α,β-unsaturated/α-hetero) is 1. The lowest BCUT2D eigenvalue weighted by Crippen LogP contribution is -2.65. The molecule has 0 saturated heterocycles. The third kappa shape index (κ3) is 33.5. The summed E-state index contributed by atoms with van der Waals surface area (Å²) in [6.45, 7) is 3.34. The molecule has 402 valence electrons. The minimum Gasteiger partial charge on any atom is -0.466 e. The van der Waals surface area contributed by atoms with Crippen molar-refractivity contribution in [3.63, 3.8) is 0 Å². The molecule has 20 nitrogen and oxygen atoms in total. The Balaban J connectivity index is 2.68. The molecule has 1 aliphatic rings. The summed E-state index contributed by atoms with van der Waals surface area (Å²) in [5.74, 6) is -1.15. The first-order valence-corrected chi connectivity index (χ1v) is 29.8. The predicted molar refractivity (Wildman–Crippen MR) is 253 cm³/mol. The Labute approximate surface area is 404 Å². The number of ether oxygens (including phenoxy) is 2. The number of aliphatic hydroxyl groups is 3. The van der Waals surface area contributed by atoms with Crippen LogP contribution in [0.15, 0.2) is 0 Å². The zero-order valence-corrected chi connectivity index (χ0v) is 43.4. The number of carbonyl (C=O) groups is 3. The molecule has 0 heterocycles. The van der Waals surface area contributed by atoms with Gasteiger partial charge in [-0.3, -0.25) is 32.5 Å². The number of ketones is 1. The Morgan fingerprint density at radius 2 is 0.824 bits per heavy atom. The van der Waals surface area contributed by atoms with E-state index in [1.54, 1.807) is 0 Å². The van der Waals surface area contributed by atoms with Gasteiger partial charge in [-0.2, -0.15) is 0 Å². The molecule has 1 fully saturated rings. The van der Waals surface area contributed by atoms with Crippen molar-refractivity contribution in [2.24, 2.45) is 0 Å². The maximum absolute atomic E-state index is 13.2. The van der Waals surface area contributed by atoms with Crippen molar-refractivity contribution in [1.29, 1.82) is 0 Å². The fraction of sp³-hybridized carbons (Fsp3) is 0.933. The van der Waals surface area contributed by atoms with Crippen molar-refractivity contribution in [2.75, 3.05) is 13.2 Å². The Kier molecular flexibility index (Phi) is 35.8. The molecule has 0 bridgehead atoms. The van der Waals surface area contributed by atoms with Gasteiger partial charge in [0, 0.05) is 19.3 Å². The van der Waals surface area contributed by atoms with E-state index in [9.17, 15) is 67.9 Å². The van der Waals surface area contributed by atoms with Gasteiger partial charge in [-0.1, -0.05) is 162 Å². The quantitative estimate of drug-likeness (QED) is 0.0161. The summed E-state index contributed by atoms with van der Waals surface area (Å²) >= 11 is 0. The van der Waals surface area contributed by atoms with Gasteiger partial charge < -0.3 is 49.3 Å². The SMILES string of the molecule is CCCCCCCCCCCCCCCC(=O)O[C@@H](COP(=O)(O)OC1C(O)[C@H](OP(=O)(O)O)C(O)[C@H](OP(=O)(O)O)[C@@H]1O)CC(=O)OCCCCCCCCCCCCCCCC(=O)CCC. The minimum absolute atomic E-state index is 0.0232. The number of aliphatic hydroxyl groups excluding tert-OH is 3. The summed E-state index contributed by atoms with van der Waals surface area (Å²) in [4.78, 5) is 85.2. The van der Waals surface area contributed by atoms with Gasteiger partial charge >= 0.3 is 35.4 Å². The highest BCUT2D eigenvalue weighted by Gasteiger charge is 2.56. The first-order valence-electron chi connectivity index (χ1n) is 25.2. The molecule has 0 spiro atoms. The van der Waals surface area contributed by atoms with Crippen LogP contribution in [0.2, 0.25) is 0 Å². The van der Waals surface area contributed by atoms with Crippen LogP contribution in [-0.4, -0.2) is 113 Å². The van der Waals surface area contributed by atoms with Gasteiger partial charge in [0.15, 0.2) is 0 Å². The highest BCUT2D eigenvalue weighted by molar-refractivity contribution is 7.47.